The van der Waals surface area contributed by atoms with E-state index in [2.05, 4.69) is 130 Å². The number of unbranched alkanes of at least 4 members (excludes halogenated alkanes) is 27. The Balaban J connectivity index is 4.41. The molecule has 0 saturated heterocycles. The summed E-state index contributed by atoms with van der Waals surface area (Å²) in [5.74, 6) is -0.923. The van der Waals surface area contributed by atoms with Crippen molar-refractivity contribution in [2.75, 3.05) is 13.2 Å². The van der Waals surface area contributed by atoms with Crippen LogP contribution in [0.3, 0.4) is 0 Å². The smallest absolute Gasteiger partial charge is 0.306 e. The molecule has 428 valence electrons. The zero-order valence-electron chi connectivity index (χ0n) is 49.0. The molecule has 0 aromatic heterocycles. The summed E-state index contributed by atoms with van der Waals surface area (Å²) in [4.78, 5) is 38.3. The van der Waals surface area contributed by atoms with Gasteiger partial charge in [0.05, 0.1) is 0 Å². The highest BCUT2D eigenvalue weighted by atomic mass is 16.6. The number of allylic oxidation sites excluding steroid dienone is 18. The largest absolute Gasteiger partial charge is 0.462 e. The van der Waals surface area contributed by atoms with Crippen LogP contribution in [0.25, 0.3) is 0 Å². The maximum Gasteiger partial charge on any atom is 0.306 e. The Morgan fingerprint density at radius 1 is 0.280 bits per heavy atom. The lowest BCUT2D eigenvalue weighted by Gasteiger charge is -2.18. The first-order valence-corrected chi connectivity index (χ1v) is 31.4. The van der Waals surface area contributed by atoms with Gasteiger partial charge in [0, 0.05) is 19.3 Å². The van der Waals surface area contributed by atoms with E-state index in [9.17, 15) is 14.4 Å². The molecule has 0 aliphatic rings. The van der Waals surface area contributed by atoms with Crippen molar-refractivity contribution in [2.24, 2.45) is 0 Å². The van der Waals surface area contributed by atoms with E-state index in [1.54, 1.807) is 0 Å². The van der Waals surface area contributed by atoms with Crippen molar-refractivity contribution in [3.05, 3.63) is 109 Å². The topological polar surface area (TPSA) is 78.9 Å². The molecule has 6 nitrogen and oxygen atoms in total. The Morgan fingerprint density at radius 2 is 0.520 bits per heavy atom. The van der Waals surface area contributed by atoms with E-state index in [1.807, 2.05) is 0 Å². The van der Waals surface area contributed by atoms with Crippen molar-refractivity contribution < 1.29 is 28.6 Å². The van der Waals surface area contributed by atoms with Gasteiger partial charge in [-0.05, 0) is 128 Å². The van der Waals surface area contributed by atoms with Crippen LogP contribution < -0.4 is 0 Å². The minimum atomic E-state index is -0.798. The third kappa shape index (κ3) is 60.8. The molecule has 0 aliphatic heterocycles. The molecule has 75 heavy (non-hydrogen) atoms. The zero-order chi connectivity index (χ0) is 54.3. The Morgan fingerprint density at radius 3 is 0.840 bits per heavy atom. The second-order valence-corrected chi connectivity index (χ2v) is 20.6. The van der Waals surface area contributed by atoms with Crippen LogP contribution in [0.2, 0.25) is 0 Å². The van der Waals surface area contributed by atoms with Crippen molar-refractivity contribution in [3.63, 3.8) is 0 Å². The maximum absolute atomic E-state index is 12.9. The van der Waals surface area contributed by atoms with Crippen molar-refractivity contribution in [3.8, 4) is 0 Å². The van der Waals surface area contributed by atoms with Crippen molar-refractivity contribution in [2.45, 2.75) is 297 Å². The molecule has 0 aromatic rings. The number of rotatable bonds is 56. The third-order valence-corrected chi connectivity index (χ3v) is 13.2. The number of ether oxygens (including phenoxy) is 3. The lowest BCUT2D eigenvalue weighted by atomic mass is 10.1. The van der Waals surface area contributed by atoms with Gasteiger partial charge in [-0.1, -0.05) is 252 Å². The molecule has 0 radical (unpaired) electrons. The second-order valence-electron chi connectivity index (χ2n) is 20.6. The summed E-state index contributed by atoms with van der Waals surface area (Å²) < 4.78 is 16.9. The number of carbonyl (C=O) groups is 3. The van der Waals surface area contributed by atoms with E-state index in [-0.39, 0.29) is 31.1 Å². The van der Waals surface area contributed by atoms with E-state index in [4.69, 9.17) is 14.2 Å². The Kier molecular flexibility index (Phi) is 59.3. The predicted molar refractivity (Wildman–Crippen MR) is 325 cm³/mol. The van der Waals surface area contributed by atoms with Gasteiger partial charge in [-0.3, -0.25) is 14.4 Å². The van der Waals surface area contributed by atoms with E-state index >= 15 is 0 Å². The van der Waals surface area contributed by atoms with Gasteiger partial charge in [0.25, 0.3) is 0 Å². The summed E-state index contributed by atoms with van der Waals surface area (Å²) in [5.41, 5.74) is 0. The molecular weight excluding hydrogens is 925 g/mol. The van der Waals surface area contributed by atoms with Crippen LogP contribution in [0.4, 0.5) is 0 Å². The summed E-state index contributed by atoms with van der Waals surface area (Å²) in [6, 6.07) is 0. The summed E-state index contributed by atoms with van der Waals surface area (Å²) in [6.45, 7) is 6.48. The average molecular weight is 1040 g/mol. The van der Waals surface area contributed by atoms with Gasteiger partial charge in [0.2, 0.25) is 0 Å². The molecule has 0 aliphatic carbocycles. The van der Waals surface area contributed by atoms with Crippen LogP contribution in [-0.2, 0) is 28.6 Å². The lowest BCUT2D eigenvalue weighted by molar-refractivity contribution is -0.167. The van der Waals surface area contributed by atoms with Crippen molar-refractivity contribution >= 4 is 17.9 Å². The number of esters is 3. The Hall–Kier alpha value is -3.93. The fourth-order valence-electron chi connectivity index (χ4n) is 8.53. The van der Waals surface area contributed by atoms with Gasteiger partial charge in [-0.25, -0.2) is 0 Å². The minimum Gasteiger partial charge on any atom is -0.462 e. The highest BCUT2D eigenvalue weighted by Crippen LogP contribution is 2.15. The fraction of sp³-hybridized carbons (Fsp3) is 0.696. The van der Waals surface area contributed by atoms with Crippen molar-refractivity contribution in [1.82, 2.24) is 0 Å². The maximum atomic E-state index is 12.9. The van der Waals surface area contributed by atoms with Gasteiger partial charge >= 0.3 is 17.9 Å². The quantitative estimate of drug-likeness (QED) is 0.0261. The molecule has 0 N–H and O–H groups in total. The van der Waals surface area contributed by atoms with E-state index in [1.165, 1.54) is 116 Å². The van der Waals surface area contributed by atoms with Gasteiger partial charge < -0.3 is 14.2 Å². The third-order valence-electron chi connectivity index (χ3n) is 13.2. The summed E-state index contributed by atoms with van der Waals surface area (Å²) >= 11 is 0. The summed E-state index contributed by atoms with van der Waals surface area (Å²) in [7, 11) is 0. The second kappa shape index (κ2) is 62.6. The standard InChI is InChI=1S/C69H116O6/c1-4-7-10-13-16-19-22-25-27-29-31-33-34-36-37-39-41-44-47-50-53-56-59-62-68(71)74-65-66(64-73-67(70)61-58-55-52-49-46-43-24-21-18-15-12-9-6-3)75-69(72)63-60-57-54-51-48-45-42-40-38-35-32-30-28-26-23-20-17-14-11-8-5-2/h8,11,17,20-22,24-26,28-29,31-32,34-36,40,42,66H,4-7,9-10,12-16,18-19,23,27,30,33,37-39,41,43-65H2,1-3H3/b11-8-,20-17-,24-21-,25-22-,28-26-,31-29-,35-32-,36-34-,42-40-. The van der Waals surface area contributed by atoms with Gasteiger partial charge in [-0.15, -0.1) is 0 Å². The molecule has 0 saturated carbocycles. The highest BCUT2D eigenvalue weighted by Gasteiger charge is 2.19. The van der Waals surface area contributed by atoms with E-state index in [0.717, 1.165) is 135 Å². The first-order chi connectivity index (χ1) is 37.0. The van der Waals surface area contributed by atoms with Crippen LogP contribution in [0.15, 0.2) is 109 Å². The molecule has 1 unspecified atom stereocenters. The SMILES string of the molecule is CC/C=C\C/C=C\C/C=C\C/C=C\C/C=C\CCCCCCCC(=O)OC(COC(=O)CCCCCCC/C=C\CCCCCC)COC(=O)CCCCCCCCCC/C=C\C/C=C\C/C=C\CCCCCCC. The van der Waals surface area contributed by atoms with E-state index in [0.29, 0.717) is 19.3 Å². The molecule has 0 spiro atoms. The molecule has 6 heteroatoms. The predicted octanol–water partition coefficient (Wildman–Crippen LogP) is 21.4. The van der Waals surface area contributed by atoms with E-state index < -0.39 is 6.10 Å². The molecule has 0 bridgehead atoms. The van der Waals surface area contributed by atoms with Crippen LogP contribution in [0.5, 0.6) is 0 Å². The monoisotopic (exact) mass is 1040 g/mol. The zero-order valence-corrected chi connectivity index (χ0v) is 49.0. The molecular formula is C69H116O6. The summed E-state index contributed by atoms with van der Waals surface area (Å²) in [5, 5.41) is 0. The lowest BCUT2D eigenvalue weighted by Crippen LogP contribution is -2.30. The molecule has 1 atom stereocenters. The molecule has 0 amide bonds. The van der Waals surface area contributed by atoms with Gasteiger partial charge in [0.1, 0.15) is 13.2 Å². The van der Waals surface area contributed by atoms with Gasteiger partial charge in [0.15, 0.2) is 6.10 Å². The van der Waals surface area contributed by atoms with Crippen LogP contribution in [-0.4, -0.2) is 37.2 Å². The summed E-state index contributed by atoms with van der Waals surface area (Å²) in [6.07, 6.45) is 85.1. The first kappa shape index (κ1) is 71.1. The number of carbonyl (C=O) groups excluding carboxylic acids is 3. The average Bonchev–Trinajstić information content (AvgIpc) is 3.41. The van der Waals surface area contributed by atoms with Crippen LogP contribution >= 0.6 is 0 Å². The number of hydrogen-bond donors (Lipinski definition) is 0. The molecule has 0 fully saturated rings. The molecule has 0 heterocycles. The van der Waals surface area contributed by atoms with Crippen LogP contribution in [0, 0.1) is 0 Å². The van der Waals surface area contributed by atoms with Gasteiger partial charge in [-0.2, -0.15) is 0 Å². The Bertz CT molecular complexity index is 1520. The molecule has 0 rings (SSSR count). The normalized spacial score (nSPS) is 12.8. The molecule has 0 aromatic carbocycles. The fourth-order valence-corrected chi connectivity index (χ4v) is 8.53. The van der Waals surface area contributed by atoms with Crippen LogP contribution in [0.1, 0.15) is 290 Å². The van der Waals surface area contributed by atoms with Crippen molar-refractivity contribution in [1.29, 1.82) is 0 Å². The highest BCUT2D eigenvalue weighted by molar-refractivity contribution is 5.71. The minimum absolute atomic E-state index is 0.0936. The number of hydrogen-bond acceptors (Lipinski definition) is 6. The Labute approximate surface area is 463 Å². The first-order valence-electron chi connectivity index (χ1n) is 31.4.